The molecule has 0 amide bonds. The van der Waals surface area contributed by atoms with E-state index >= 15 is 0 Å². The van der Waals surface area contributed by atoms with Crippen molar-refractivity contribution < 1.29 is 5.11 Å². The molecule has 1 saturated carbocycles. The minimum Gasteiger partial charge on any atom is -0.511 e. The molecule has 0 bridgehead atoms. The number of rotatable bonds is 7. The first kappa shape index (κ1) is 12.9. The molecule has 0 unspecified atom stereocenters. The summed E-state index contributed by atoms with van der Waals surface area (Å²) in [5.74, 6) is 0.270. The van der Waals surface area contributed by atoms with E-state index in [9.17, 15) is 5.11 Å². The zero-order valence-electron chi connectivity index (χ0n) is 9.12. The van der Waals surface area contributed by atoms with Crippen LogP contribution >= 0.6 is 11.8 Å². The molecular formula is C10H18N4OS. The van der Waals surface area contributed by atoms with E-state index in [-0.39, 0.29) is 17.5 Å². The van der Waals surface area contributed by atoms with E-state index in [1.807, 2.05) is 0 Å². The second kappa shape index (κ2) is 5.81. The summed E-state index contributed by atoms with van der Waals surface area (Å²) in [4.78, 5) is 0.400. The number of allylic oxidation sites excluding steroid dienone is 1. The lowest BCUT2D eigenvalue weighted by atomic mass is 10.3. The van der Waals surface area contributed by atoms with Crippen LogP contribution in [0.3, 0.4) is 0 Å². The molecule has 0 heterocycles. The standard InChI is InChI=1S/C10H18N4OS/c1-6(14-5-4-11)16-9(10(12)13)8(15)7-2-3-7/h7,14-15H,1-5,11H2,(H3,12,13). The Bertz CT molecular complexity index is 323. The van der Waals surface area contributed by atoms with Gasteiger partial charge in [0, 0.05) is 19.0 Å². The molecule has 90 valence electrons. The molecule has 0 aromatic heterocycles. The Morgan fingerprint density at radius 1 is 1.56 bits per heavy atom. The summed E-state index contributed by atoms with van der Waals surface area (Å²) >= 11 is 1.19. The van der Waals surface area contributed by atoms with Crippen molar-refractivity contribution in [3.05, 3.63) is 22.3 Å². The van der Waals surface area contributed by atoms with Crippen LogP contribution in [0.2, 0.25) is 0 Å². The second-order valence-corrected chi connectivity index (χ2v) is 4.75. The Balaban J connectivity index is 2.61. The average molecular weight is 242 g/mol. The Hall–Kier alpha value is -1.14. The predicted molar refractivity (Wildman–Crippen MR) is 68.1 cm³/mol. The van der Waals surface area contributed by atoms with Crippen LogP contribution in [0, 0.1) is 11.3 Å². The van der Waals surface area contributed by atoms with E-state index in [0.29, 0.717) is 23.0 Å². The average Bonchev–Trinajstić information content (AvgIpc) is 3.05. The molecule has 0 atom stereocenters. The van der Waals surface area contributed by atoms with Crippen LogP contribution in [0.5, 0.6) is 0 Å². The molecule has 0 radical (unpaired) electrons. The van der Waals surface area contributed by atoms with Gasteiger partial charge in [0.05, 0.1) is 9.93 Å². The molecular weight excluding hydrogens is 224 g/mol. The molecule has 1 aliphatic carbocycles. The fourth-order valence-corrected chi connectivity index (χ4v) is 1.96. The predicted octanol–water partition coefficient (Wildman–Crippen LogP) is 0.855. The summed E-state index contributed by atoms with van der Waals surface area (Å²) in [5, 5.41) is 20.9. The van der Waals surface area contributed by atoms with Gasteiger partial charge in [-0.3, -0.25) is 5.41 Å². The number of hydrogen-bond donors (Lipinski definition) is 5. The van der Waals surface area contributed by atoms with Crippen LogP contribution < -0.4 is 16.8 Å². The van der Waals surface area contributed by atoms with Crippen LogP contribution in [0.15, 0.2) is 22.3 Å². The third-order valence-corrected chi connectivity index (χ3v) is 3.16. The van der Waals surface area contributed by atoms with Gasteiger partial charge in [-0.25, -0.2) is 0 Å². The quantitative estimate of drug-likeness (QED) is 0.258. The maximum Gasteiger partial charge on any atom is 0.133 e. The van der Waals surface area contributed by atoms with Gasteiger partial charge in [-0.05, 0) is 12.8 Å². The molecule has 0 aromatic carbocycles. The van der Waals surface area contributed by atoms with Crippen molar-refractivity contribution >= 4 is 17.6 Å². The van der Waals surface area contributed by atoms with E-state index in [4.69, 9.17) is 16.9 Å². The van der Waals surface area contributed by atoms with Crippen molar-refractivity contribution in [2.75, 3.05) is 13.1 Å². The molecule has 1 fully saturated rings. The summed E-state index contributed by atoms with van der Waals surface area (Å²) < 4.78 is 0. The van der Waals surface area contributed by atoms with Crippen LogP contribution in [-0.4, -0.2) is 24.0 Å². The molecule has 7 N–H and O–H groups in total. The zero-order chi connectivity index (χ0) is 12.1. The summed E-state index contributed by atoms with van der Waals surface area (Å²) in [6.45, 7) is 4.89. The number of aliphatic hydroxyl groups excluding tert-OH is 1. The number of amidine groups is 1. The van der Waals surface area contributed by atoms with Gasteiger partial charge in [-0.1, -0.05) is 18.3 Å². The molecule has 5 nitrogen and oxygen atoms in total. The van der Waals surface area contributed by atoms with Crippen molar-refractivity contribution in [2.45, 2.75) is 12.8 Å². The van der Waals surface area contributed by atoms with Gasteiger partial charge in [0.25, 0.3) is 0 Å². The molecule has 0 spiro atoms. The minimum atomic E-state index is -0.120. The van der Waals surface area contributed by atoms with Crippen molar-refractivity contribution in [3.63, 3.8) is 0 Å². The van der Waals surface area contributed by atoms with Crippen LogP contribution in [-0.2, 0) is 0 Å². The van der Waals surface area contributed by atoms with Crippen molar-refractivity contribution in [1.82, 2.24) is 5.32 Å². The Kier molecular flexibility index (Phi) is 4.70. The number of hydrogen-bond acceptors (Lipinski definition) is 5. The summed E-state index contributed by atoms with van der Waals surface area (Å²) in [5.41, 5.74) is 10.8. The summed E-state index contributed by atoms with van der Waals surface area (Å²) in [6, 6.07) is 0. The van der Waals surface area contributed by atoms with E-state index in [0.717, 1.165) is 12.8 Å². The van der Waals surface area contributed by atoms with Gasteiger partial charge >= 0.3 is 0 Å². The SMILES string of the molecule is C=C(NCCN)SC(C(=N)N)=C(O)C1CC1. The van der Waals surface area contributed by atoms with Crippen LogP contribution in [0.4, 0.5) is 0 Å². The smallest absolute Gasteiger partial charge is 0.133 e. The first-order chi connectivity index (χ1) is 7.56. The third-order valence-electron chi connectivity index (χ3n) is 2.13. The van der Waals surface area contributed by atoms with E-state index < -0.39 is 0 Å². The maximum absolute atomic E-state index is 9.84. The molecule has 1 rings (SSSR count). The largest absolute Gasteiger partial charge is 0.511 e. The second-order valence-electron chi connectivity index (χ2n) is 3.64. The molecule has 16 heavy (non-hydrogen) atoms. The Morgan fingerprint density at radius 3 is 2.62 bits per heavy atom. The topological polar surface area (TPSA) is 108 Å². The lowest BCUT2D eigenvalue weighted by Crippen LogP contribution is -2.21. The normalized spacial score (nSPS) is 16.6. The van der Waals surface area contributed by atoms with Gasteiger partial charge in [0.1, 0.15) is 11.6 Å². The first-order valence-electron chi connectivity index (χ1n) is 5.14. The van der Waals surface area contributed by atoms with Gasteiger partial charge < -0.3 is 21.9 Å². The minimum absolute atomic E-state index is 0.120. The van der Waals surface area contributed by atoms with Crippen molar-refractivity contribution in [3.8, 4) is 0 Å². The van der Waals surface area contributed by atoms with E-state index in [1.165, 1.54) is 11.8 Å². The van der Waals surface area contributed by atoms with Gasteiger partial charge in [0.15, 0.2) is 0 Å². The highest BCUT2D eigenvalue weighted by molar-refractivity contribution is 8.07. The zero-order valence-corrected chi connectivity index (χ0v) is 9.94. The molecule has 0 aliphatic heterocycles. The molecule has 0 aromatic rings. The lowest BCUT2D eigenvalue weighted by Gasteiger charge is -2.11. The molecule has 0 saturated heterocycles. The third kappa shape index (κ3) is 3.79. The highest BCUT2D eigenvalue weighted by Gasteiger charge is 2.29. The molecule has 1 aliphatic rings. The fourth-order valence-electron chi connectivity index (χ4n) is 1.16. The van der Waals surface area contributed by atoms with Gasteiger partial charge in [0.2, 0.25) is 0 Å². The first-order valence-corrected chi connectivity index (χ1v) is 5.96. The summed E-state index contributed by atoms with van der Waals surface area (Å²) in [6.07, 6.45) is 1.93. The lowest BCUT2D eigenvalue weighted by molar-refractivity contribution is 0.379. The Labute approximate surface area is 99.5 Å². The maximum atomic E-state index is 9.84. The van der Waals surface area contributed by atoms with Crippen LogP contribution in [0.25, 0.3) is 0 Å². The highest BCUT2D eigenvalue weighted by Crippen LogP contribution is 2.39. The van der Waals surface area contributed by atoms with Crippen LogP contribution in [0.1, 0.15) is 12.8 Å². The Morgan fingerprint density at radius 2 is 2.19 bits per heavy atom. The number of aliphatic hydroxyl groups is 1. The summed E-state index contributed by atoms with van der Waals surface area (Å²) in [7, 11) is 0. The number of nitrogens with two attached hydrogens (primary N) is 2. The van der Waals surface area contributed by atoms with E-state index in [2.05, 4.69) is 11.9 Å². The highest BCUT2D eigenvalue weighted by atomic mass is 32.2. The number of thioether (sulfide) groups is 1. The molecule has 6 heteroatoms. The van der Waals surface area contributed by atoms with Crippen molar-refractivity contribution in [1.29, 1.82) is 5.41 Å². The monoisotopic (exact) mass is 242 g/mol. The number of nitrogens with one attached hydrogen (secondary N) is 2. The van der Waals surface area contributed by atoms with Gasteiger partial charge in [-0.15, -0.1) is 0 Å². The van der Waals surface area contributed by atoms with Crippen molar-refractivity contribution in [2.24, 2.45) is 17.4 Å². The van der Waals surface area contributed by atoms with Gasteiger partial charge in [-0.2, -0.15) is 0 Å². The fraction of sp³-hybridized carbons (Fsp3) is 0.500. The van der Waals surface area contributed by atoms with E-state index in [1.54, 1.807) is 0 Å².